The van der Waals surface area contributed by atoms with E-state index in [1.54, 1.807) is 13.8 Å². The van der Waals surface area contributed by atoms with Crippen LogP contribution in [0, 0.1) is 0 Å². The molecule has 1 saturated heterocycles. The largest absolute Gasteiger partial charge is 1.00 e. The van der Waals surface area contributed by atoms with Crippen LogP contribution in [0.3, 0.4) is 0 Å². The van der Waals surface area contributed by atoms with E-state index in [0.29, 0.717) is 56.1 Å². The monoisotopic (exact) mass is 858 g/mol. The van der Waals surface area contributed by atoms with Gasteiger partial charge in [0, 0.05) is 23.7 Å². The summed E-state index contributed by atoms with van der Waals surface area (Å²) in [6, 6.07) is 0. The standard InChI is InChI=1S/C7H12O4.C7H10O3.C7H12O2.C6H8O3.CH5N.FHO.IO4.Na.H2O/c1-5(2)7(10)11-4-6(9)3-8;1-5(2)7(8)10-4-6-3-9-6;1-4-5-9-7(8)6(2)3;1-5(2)6(8)9-4-3-7;2*1-2;2-1(3,4)5;;/h6,8-9H,1,3-4H2,2H3;6H,1,3-4H2,2H3;2,4-5H2,1,3H3;3H,1,4H2,2H3;2H2,1H3;2H;;;1H2/q;;;;;;-1;+1;/i;;1D;;;;;;. The van der Waals surface area contributed by atoms with Crippen molar-refractivity contribution in [3.63, 3.8) is 0 Å². The van der Waals surface area contributed by atoms with Gasteiger partial charge < -0.3 is 45.1 Å². The summed E-state index contributed by atoms with van der Waals surface area (Å²) < 4.78 is 72.8. The van der Waals surface area contributed by atoms with E-state index >= 15 is 0 Å². The molecule has 0 aromatic rings. The Labute approximate surface area is 320 Å². The van der Waals surface area contributed by atoms with Gasteiger partial charge in [0.2, 0.25) is 0 Å². The third-order valence-corrected chi connectivity index (χ3v) is 3.47. The number of ether oxygens (including phenoxy) is 5. The number of halogens is 2. The zero-order valence-electron chi connectivity index (χ0n) is 30.1. The van der Waals surface area contributed by atoms with E-state index in [9.17, 15) is 24.0 Å². The first kappa shape index (κ1) is 62.9. The number of aliphatic hydroxyl groups excluding tert-OH is 2. The number of nitrogens with two attached hydrogens (primary N) is 1. The quantitative estimate of drug-likeness (QED) is 0.0195. The first-order chi connectivity index (χ1) is 22.6. The molecule has 19 nitrogen and oxygen atoms in total. The van der Waals surface area contributed by atoms with Crippen LogP contribution in [0.5, 0.6) is 0 Å². The molecule has 2 atom stereocenters. The van der Waals surface area contributed by atoms with Gasteiger partial charge in [-0.2, -0.15) is 0 Å². The third kappa shape index (κ3) is 67.9. The van der Waals surface area contributed by atoms with Gasteiger partial charge in [0.1, 0.15) is 52.1 Å². The van der Waals surface area contributed by atoms with Crippen LogP contribution in [0.2, 0.25) is 0 Å². The molecule has 1 heterocycles. The Hall–Kier alpha value is -2.23. The first-order valence-electron chi connectivity index (χ1n) is 13.6. The summed E-state index contributed by atoms with van der Waals surface area (Å²) in [5.74, 6) is -1.79. The molecule has 0 amide bonds. The van der Waals surface area contributed by atoms with Crippen molar-refractivity contribution in [3.05, 3.63) is 48.6 Å². The Morgan fingerprint density at radius 2 is 1.24 bits per heavy atom. The second-order valence-electron chi connectivity index (χ2n) is 8.24. The number of hydrogen-bond acceptors (Lipinski definition) is 18. The molecule has 0 radical (unpaired) electrons. The minimum absolute atomic E-state index is 0. The maximum absolute atomic E-state index is 10.7. The molecule has 1 aliphatic heterocycles. The Balaban J connectivity index is -0.0000000739. The molecular formula is C28H50FINNaO18. The maximum Gasteiger partial charge on any atom is 1.00 e. The number of aldehydes is 1. The van der Waals surface area contributed by atoms with Crippen LogP contribution in [0.4, 0.5) is 4.53 Å². The molecule has 0 aromatic carbocycles. The molecule has 1 rings (SSSR count). The fraction of sp³-hybridized carbons (Fsp3) is 0.536. The Kier molecular flexibility index (Phi) is 56.3. The van der Waals surface area contributed by atoms with Crippen molar-refractivity contribution in [1.82, 2.24) is 0 Å². The summed E-state index contributed by atoms with van der Waals surface area (Å²) >= 11 is -5.94. The summed E-state index contributed by atoms with van der Waals surface area (Å²) in [5, 5.41) is 22.6. The van der Waals surface area contributed by atoms with E-state index in [1.807, 2.05) is 0 Å². The molecule has 0 saturated carbocycles. The van der Waals surface area contributed by atoms with Crippen molar-refractivity contribution in [2.24, 2.45) is 5.73 Å². The van der Waals surface area contributed by atoms with Gasteiger partial charge in [0.05, 0.1) is 19.8 Å². The van der Waals surface area contributed by atoms with Crippen LogP contribution in [0.1, 0.15) is 42.4 Å². The molecule has 0 bridgehead atoms. The van der Waals surface area contributed by atoms with Crippen molar-refractivity contribution in [1.29, 1.82) is 0 Å². The zero-order valence-corrected chi connectivity index (χ0v) is 33.3. The fourth-order valence-corrected chi connectivity index (χ4v) is 1.32. The van der Waals surface area contributed by atoms with Crippen molar-refractivity contribution in [2.75, 3.05) is 46.7 Å². The molecule has 0 aromatic heterocycles. The van der Waals surface area contributed by atoms with Gasteiger partial charge in [0.15, 0.2) is 6.29 Å². The van der Waals surface area contributed by atoms with Gasteiger partial charge in [-0.3, -0.25) is 18.5 Å². The number of carbonyl (C=O) groups excluding carboxylic acids is 5. The normalized spacial score (nSPS) is 11.8. The van der Waals surface area contributed by atoms with Crippen LogP contribution < -0.4 is 69.1 Å². The summed E-state index contributed by atoms with van der Waals surface area (Å²) in [6.45, 7) is 20.7. The molecule has 0 spiro atoms. The minimum Gasteiger partial charge on any atom is -0.462 e. The molecule has 22 heteroatoms. The summed E-state index contributed by atoms with van der Waals surface area (Å²) in [4.78, 5) is 52.0. The van der Waals surface area contributed by atoms with Crippen LogP contribution in [-0.2, 0) is 47.7 Å². The average Bonchev–Trinajstić information content (AvgIpc) is 3.87. The van der Waals surface area contributed by atoms with E-state index in [4.69, 9.17) is 44.6 Å². The maximum atomic E-state index is 10.7. The average molecular weight is 859 g/mol. The van der Waals surface area contributed by atoms with Gasteiger partial charge in [-0.05, 0) is 41.2 Å². The van der Waals surface area contributed by atoms with Gasteiger partial charge in [-0.15, -0.1) is 0 Å². The van der Waals surface area contributed by atoms with E-state index in [0.717, 1.165) is 0 Å². The summed E-state index contributed by atoms with van der Waals surface area (Å²) in [6.07, 6.45) is 0.251. The second-order valence-corrected chi connectivity index (χ2v) is 10.4. The molecule has 1 aliphatic rings. The van der Waals surface area contributed by atoms with Gasteiger partial charge in [-0.1, -0.05) is 37.7 Å². The van der Waals surface area contributed by atoms with Crippen LogP contribution in [-0.4, -0.2) is 110 Å². The van der Waals surface area contributed by atoms with Crippen molar-refractivity contribution < 1.29 is 138 Å². The smallest absolute Gasteiger partial charge is 0.462 e. The predicted molar refractivity (Wildman–Crippen MR) is 159 cm³/mol. The Bertz CT molecular complexity index is 976. The van der Waals surface area contributed by atoms with E-state index < -0.39 is 44.7 Å². The van der Waals surface area contributed by atoms with Crippen molar-refractivity contribution in [2.45, 2.75) is 53.2 Å². The molecule has 290 valence electrons. The van der Waals surface area contributed by atoms with Gasteiger partial charge >= 0.3 is 53.4 Å². The SMILES string of the molecule is C=C(C)C(=O)OCC(O)CO.C=C(C)C(=O)OCC1CO1.C=C(C)C(=O)OCC=O.CN.O.OF.[2H]CCCOC(=O)C(=C)C.[Na+].[O-][I+3]([O-])([O-])[O-]. The molecule has 50 heavy (non-hydrogen) atoms. The third-order valence-electron chi connectivity index (χ3n) is 3.47. The number of esters is 4. The van der Waals surface area contributed by atoms with Crippen LogP contribution in [0.25, 0.3) is 0 Å². The molecule has 7 N–H and O–H groups in total. The van der Waals surface area contributed by atoms with Crippen molar-refractivity contribution in [3.8, 4) is 0 Å². The fourth-order valence-electron chi connectivity index (χ4n) is 1.32. The molecule has 2 unspecified atom stereocenters. The second kappa shape index (κ2) is 44.8. The molecule has 1 fully saturated rings. The van der Waals surface area contributed by atoms with E-state index in [1.165, 1.54) is 20.9 Å². The van der Waals surface area contributed by atoms with E-state index in [-0.39, 0.29) is 71.9 Å². The predicted octanol–water partition coefficient (Wildman–Crippen LogP) is -10.4. The molecule has 0 aliphatic carbocycles. The first-order valence-corrected chi connectivity index (χ1v) is 16.5. The van der Waals surface area contributed by atoms with Crippen molar-refractivity contribution >= 4 is 30.2 Å². The summed E-state index contributed by atoms with van der Waals surface area (Å²) in [7, 11) is 1.50. The number of rotatable bonds is 13. The van der Waals surface area contributed by atoms with Gasteiger partial charge in [-0.25, -0.2) is 24.5 Å². The van der Waals surface area contributed by atoms with Gasteiger partial charge in [0.25, 0.3) is 0 Å². The minimum atomic E-state index is -5.94. The zero-order chi connectivity index (χ0) is 40.2. The molecular weight excluding hydrogens is 807 g/mol. The Morgan fingerprint density at radius 3 is 1.54 bits per heavy atom. The topological polar surface area (TPSA) is 345 Å². The number of aliphatic hydroxyl groups is 2. The Morgan fingerprint density at radius 1 is 0.900 bits per heavy atom. The van der Waals surface area contributed by atoms with E-state index in [2.05, 4.69) is 46.3 Å². The number of carbonyl (C=O) groups is 5. The number of epoxide rings is 1. The number of hydrogen-bond donors (Lipinski definition) is 4. The van der Waals surface area contributed by atoms with Crippen LogP contribution in [0.15, 0.2) is 48.6 Å². The summed E-state index contributed by atoms with van der Waals surface area (Å²) in [5.41, 5.74) is 5.91. The van der Waals surface area contributed by atoms with Crippen LogP contribution >= 0.6 is 0 Å².